The number of benzene rings is 1. The van der Waals surface area contributed by atoms with E-state index in [4.69, 9.17) is 10.8 Å². The molecule has 0 heterocycles. The van der Waals surface area contributed by atoms with Crippen molar-refractivity contribution in [1.82, 2.24) is 0 Å². The Morgan fingerprint density at radius 2 is 2.00 bits per heavy atom. The van der Waals surface area contributed by atoms with Crippen molar-refractivity contribution in [3.8, 4) is 0 Å². The Labute approximate surface area is 108 Å². The normalized spacial score (nSPS) is 10.7. The Kier molecular flexibility index (Phi) is 5.65. The summed E-state index contributed by atoms with van der Waals surface area (Å²) in [5, 5.41) is 8.80. The minimum absolute atomic E-state index is 0.131. The van der Waals surface area contributed by atoms with Crippen LogP contribution in [0.2, 0.25) is 0 Å². The predicted octanol–water partition coefficient (Wildman–Crippen LogP) is 2.05. The van der Waals surface area contributed by atoms with Gasteiger partial charge in [-0.2, -0.15) is 0 Å². The van der Waals surface area contributed by atoms with E-state index in [-0.39, 0.29) is 6.42 Å². The maximum Gasteiger partial charge on any atom is 0.305 e. The average molecular weight is 250 g/mol. The lowest BCUT2D eigenvalue weighted by Gasteiger charge is -2.27. The molecule has 0 atom stereocenters. The Morgan fingerprint density at radius 1 is 1.33 bits per heavy atom. The van der Waals surface area contributed by atoms with Crippen LogP contribution in [0.5, 0.6) is 0 Å². The number of hydrogen-bond acceptors (Lipinski definition) is 3. The third kappa shape index (κ3) is 4.04. The van der Waals surface area contributed by atoms with Crippen LogP contribution in [-0.2, 0) is 4.79 Å². The second-order valence-corrected chi connectivity index (χ2v) is 4.63. The summed E-state index contributed by atoms with van der Waals surface area (Å²) >= 11 is 0. The molecular formula is C14H22N2O2. The number of para-hydroxylation sites is 1. The molecular weight excluding hydrogens is 228 g/mol. The molecule has 0 amide bonds. The van der Waals surface area contributed by atoms with E-state index in [1.807, 2.05) is 18.2 Å². The highest BCUT2D eigenvalue weighted by molar-refractivity contribution is 5.68. The molecule has 0 aliphatic carbocycles. The van der Waals surface area contributed by atoms with Gasteiger partial charge < -0.3 is 15.7 Å². The van der Waals surface area contributed by atoms with Gasteiger partial charge >= 0.3 is 5.97 Å². The lowest BCUT2D eigenvalue weighted by atomic mass is 10.0. The number of rotatable bonds is 7. The second kappa shape index (κ2) is 7.01. The minimum Gasteiger partial charge on any atom is -0.481 e. The smallest absolute Gasteiger partial charge is 0.305 e. The first-order valence-corrected chi connectivity index (χ1v) is 6.32. The molecule has 1 aromatic carbocycles. The first-order valence-electron chi connectivity index (χ1n) is 6.32. The Hall–Kier alpha value is -1.55. The van der Waals surface area contributed by atoms with E-state index >= 15 is 0 Å². The van der Waals surface area contributed by atoms with Crippen LogP contribution in [0.3, 0.4) is 0 Å². The molecule has 4 heteroatoms. The van der Waals surface area contributed by atoms with Crippen molar-refractivity contribution in [1.29, 1.82) is 0 Å². The van der Waals surface area contributed by atoms with Crippen molar-refractivity contribution in [2.24, 2.45) is 5.73 Å². The van der Waals surface area contributed by atoms with Crippen molar-refractivity contribution in [3.63, 3.8) is 0 Å². The topological polar surface area (TPSA) is 66.6 Å². The lowest BCUT2D eigenvalue weighted by molar-refractivity contribution is -0.136. The largest absolute Gasteiger partial charge is 0.481 e. The fourth-order valence-corrected chi connectivity index (χ4v) is 2.00. The quantitative estimate of drug-likeness (QED) is 0.777. The SMILES string of the molecule is CC(C)c1ccccc1N(CCN)CCC(=O)O. The summed E-state index contributed by atoms with van der Waals surface area (Å²) in [5.41, 5.74) is 7.94. The van der Waals surface area contributed by atoms with E-state index in [0.29, 0.717) is 25.6 Å². The van der Waals surface area contributed by atoms with Crippen molar-refractivity contribution < 1.29 is 9.90 Å². The van der Waals surface area contributed by atoms with Crippen molar-refractivity contribution >= 4 is 11.7 Å². The van der Waals surface area contributed by atoms with Crippen LogP contribution in [0.1, 0.15) is 31.7 Å². The van der Waals surface area contributed by atoms with Crippen LogP contribution in [-0.4, -0.2) is 30.7 Å². The van der Waals surface area contributed by atoms with Gasteiger partial charge in [-0.05, 0) is 17.5 Å². The van der Waals surface area contributed by atoms with Crippen LogP contribution in [0.25, 0.3) is 0 Å². The third-order valence-electron chi connectivity index (χ3n) is 2.89. The molecule has 0 unspecified atom stereocenters. The van der Waals surface area contributed by atoms with Gasteiger partial charge in [0.25, 0.3) is 0 Å². The molecule has 0 saturated carbocycles. The summed E-state index contributed by atoms with van der Waals surface area (Å²) in [7, 11) is 0. The van der Waals surface area contributed by atoms with Gasteiger partial charge in [-0.25, -0.2) is 0 Å². The molecule has 0 aromatic heterocycles. The van der Waals surface area contributed by atoms with Crippen molar-refractivity contribution in [2.45, 2.75) is 26.2 Å². The number of nitrogens with two attached hydrogens (primary N) is 1. The molecule has 0 aliphatic rings. The van der Waals surface area contributed by atoms with Gasteiger partial charge in [0.05, 0.1) is 6.42 Å². The van der Waals surface area contributed by atoms with Gasteiger partial charge in [0.2, 0.25) is 0 Å². The minimum atomic E-state index is -0.779. The molecule has 3 N–H and O–H groups in total. The van der Waals surface area contributed by atoms with Crippen LogP contribution in [0.15, 0.2) is 24.3 Å². The Balaban J connectivity index is 2.93. The molecule has 0 bridgehead atoms. The number of aliphatic carboxylic acids is 1. The first-order chi connectivity index (χ1) is 8.56. The monoisotopic (exact) mass is 250 g/mol. The van der Waals surface area contributed by atoms with Crippen LogP contribution in [0.4, 0.5) is 5.69 Å². The zero-order valence-corrected chi connectivity index (χ0v) is 11.1. The van der Waals surface area contributed by atoms with Gasteiger partial charge in [-0.1, -0.05) is 32.0 Å². The Bertz CT molecular complexity index is 391. The zero-order valence-electron chi connectivity index (χ0n) is 11.1. The summed E-state index contributed by atoms with van der Waals surface area (Å²) in [5.74, 6) is -0.370. The fourth-order valence-electron chi connectivity index (χ4n) is 2.00. The first kappa shape index (κ1) is 14.5. The summed E-state index contributed by atoms with van der Waals surface area (Å²) in [6, 6.07) is 8.11. The molecule has 0 aliphatic heterocycles. The van der Waals surface area contributed by atoms with E-state index in [0.717, 1.165) is 5.69 Å². The maximum atomic E-state index is 10.7. The highest BCUT2D eigenvalue weighted by atomic mass is 16.4. The van der Waals surface area contributed by atoms with Crippen LogP contribution in [0, 0.1) is 0 Å². The number of carboxylic acids is 1. The highest BCUT2D eigenvalue weighted by Crippen LogP contribution is 2.27. The van der Waals surface area contributed by atoms with E-state index in [9.17, 15) is 4.79 Å². The van der Waals surface area contributed by atoms with Crippen molar-refractivity contribution in [2.75, 3.05) is 24.5 Å². The van der Waals surface area contributed by atoms with E-state index in [1.165, 1.54) is 5.56 Å². The molecule has 18 heavy (non-hydrogen) atoms. The maximum absolute atomic E-state index is 10.7. The predicted molar refractivity (Wildman–Crippen MR) is 74.1 cm³/mol. The van der Waals surface area contributed by atoms with Crippen LogP contribution < -0.4 is 10.6 Å². The van der Waals surface area contributed by atoms with E-state index in [1.54, 1.807) is 0 Å². The number of hydrogen-bond donors (Lipinski definition) is 2. The van der Waals surface area contributed by atoms with E-state index < -0.39 is 5.97 Å². The second-order valence-electron chi connectivity index (χ2n) is 4.63. The molecule has 1 aromatic rings. The Morgan fingerprint density at radius 3 is 2.56 bits per heavy atom. The number of carbonyl (C=O) groups is 1. The van der Waals surface area contributed by atoms with Gasteiger partial charge in [-0.3, -0.25) is 4.79 Å². The lowest BCUT2D eigenvalue weighted by Crippen LogP contribution is -2.32. The molecule has 0 saturated heterocycles. The fraction of sp³-hybridized carbons (Fsp3) is 0.500. The molecule has 1 rings (SSSR count). The van der Waals surface area contributed by atoms with Gasteiger partial charge in [0, 0.05) is 25.3 Å². The third-order valence-corrected chi connectivity index (χ3v) is 2.89. The van der Waals surface area contributed by atoms with Gasteiger partial charge in [0.15, 0.2) is 0 Å². The molecule has 4 nitrogen and oxygen atoms in total. The summed E-state index contributed by atoms with van der Waals surface area (Å²) in [6.45, 7) is 5.96. The van der Waals surface area contributed by atoms with Crippen molar-refractivity contribution in [3.05, 3.63) is 29.8 Å². The summed E-state index contributed by atoms with van der Waals surface area (Å²) < 4.78 is 0. The number of carboxylic acid groups (broad SMARTS) is 1. The number of nitrogens with zero attached hydrogens (tertiary/aromatic N) is 1. The molecule has 0 spiro atoms. The number of anilines is 1. The van der Waals surface area contributed by atoms with Crippen LogP contribution >= 0.6 is 0 Å². The molecule has 0 fully saturated rings. The average Bonchev–Trinajstić information content (AvgIpc) is 2.34. The zero-order chi connectivity index (χ0) is 13.5. The standard InChI is InChI=1S/C14H22N2O2/c1-11(2)12-5-3-4-6-13(12)16(10-8-15)9-7-14(17)18/h3-6,11H,7-10,15H2,1-2H3,(H,17,18). The highest BCUT2D eigenvalue weighted by Gasteiger charge is 2.13. The molecule has 100 valence electrons. The van der Waals surface area contributed by atoms with E-state index in [2.05, 4.69) is 24.8 Å². The van der Waals surface area contributed by atoms with Gasteiger partial charge in [0.1, 0.15) is 0 Å². The van der Waals surface area contributed by atoms with Gasteiger partial charge in [-0.15, -0.1) is 0 Å². The summed E-state index contributed by atoms with van der Waals surface area (Å²) in [6.07, 6.45) is 0.131. The molecule has 0 radical (unpaired) electrons. The summed E-state index contributed by atoms with van der Waals surface area (Å²) in [4.78, 5) is 12.8.